The fourth-order valence-corrected chi connectivity index (χ4v) is 3.49. The molecule has 0 radical (unpaired) electrons. The number of anilines is 1. The second kappa shape index (κ2) is 9.20. The summed E-state index contributed by atoms with van der Waals surface area (Å²) in [5.74, 6) is 0.597. The Morgan fingerprint density at radius 3 is 2.61 bits per heavy atom. The van der Waals surface area contributed by atoms with Gasteiger partial charge in [-0.25, -0.2) is 4.98 Å². The Bertz CT molecular complexity index is 962. The predicted molar refractivity (Wildman–Crippen MR) is 111 cm³/mol. The Labute approximate surface area is 168 Å². The molecule has 1 aromatic heterocycles. The van der Waals surface area contributed by atoms with Crippen molar-refractivity contribution in [1.82, 2.24) is 15.2 Å². The number of hydrogen-bond donors (Lipinski definition) is 1. The van der Waals surface area contributed by atoms with E-state index in [1.54, 1.807) is 4.90 Å². The van der Waals surface area contributed by atoms with Gasteiger partial charge in [0.2, 0.25) is 11.1 Å². The molecule has 0 bridgehead atoms. The maximum Gasteiger partial charge on any atom is 0.240 e. The van der Waals surface area contributed by atoms with Crippen LogP contribution in [0.4, 0.5) is 5.69 Å². The lowest BCUT2D eigenvalue weighted by molar-refractivity contribution is -0.117. The molecule has 1 amide bonds. The molecule has 7 heteroatoms. The third-order valence-electron chi connectivity index (χ3n) is 4.20. The predicted octanol–water partition coefficient (Wildman–Crippen LogP) is 4.21. The van der Waals surface area contributed by atoms with Crippen molar-refractivity contribution in [2.75, 3.05) is 11.4 Å². The molecule has 1 heterocycles. The minimum absolute atomic E-state index is 0.0758. The van der Waals surface area contributed by atoms with Crippen LogP contribution >= 0.6 is 11.8 Å². The number of amides is 1. The number of para-hydroxylation sites is 1. The fourth-order valence-electron chi connectivity index (χ4n) is 2.70. The molecule has 0 aliphatic rings. The van der Waals surface area contributed by atoms with Crippen LogP contribution < -0.4 is 4.90 Å². The maximum atomic E-state index is 13.0. The highest BCUT2D eigenvalue weighted by molar-refractivity contribution is 8.00. The molecular formula is C21H21N5OS. The van der Waals surface area contributed by atoms with E-state index in [9.17, 15) is 4.79 Å². The number of carbonyl (C=O) groups is 1. The van der Waals surface area contributed by atoms with Crippen molar-refractivity contribution in [3.63, 3.8) is 0 Å². The van der Waals surface area contributed by atoms with E-state index >= 15 is 0 Å². The number of carbonyl (C=O) groups excluding carboxylic acids is 1. The van der Waals surface area contributed by atoms with E-state index in [0.29, 0.717) is 17.5 Å². The summed E-state index contributed by atoms with van der Waals surface area (Å²) >= 11 is 1.30. The molecule has 0 spiro atoms. The summed E-state index contributed by atoms with van der Waals surface area (Å²) in [6, 6.07) is 19.5. The molecule has 0 aliphatic carbocycles. The number of H-pyrrole nitrogens is 1. The number of rotatable bonds is 7. The third-order valence-corrected chi connectivity index (χ3v) is 5.15. The molecule has 0 unspecified atom stereocenters. The minimum Gasteiger partial charge on any atom is -0.310 e. The Morgan fingerprint density at radius 1 is 1.21 bits per heavy atom. The molecule has 6 nitrogen and oxygen atoms in total. The number of thioether (sulfide) groups is 1. The molecule has 2 aromatic carbocycles. The first-order chi connectivity index (χ1) is 13.6. The molecule has 28 heavy (non-hydrogen) atoms. The molecular weight excluding hydrogens is 370 g/mol. The molecule has 3 rings (SSSR count). The number of nitrogens with zero attached hydrogens (tertiary/aromatic N) is 4. The minimum atomic E-state index is -0.388. The van der Waals surface area contributed by atoms with Crippen molar-refractivity contribution in [2.45, 2.75) is 30.7 Å². The number of benzene rings is 2. The second-order valence-electron chi connectivity index (χ2n) is 6.33. The van der Waals surface area contributed by atoms with Crippen LogP contribution in [0, 0.1) is 18.3 Å². The van der Waals surface area contributed by atoms with Gasteiger partial charge in [-0.15, -0.1) is 5.10 Å². The lowest BCUT2D eigenvalue weighted by Gasteiger charge is -2.24. The third kappa shape index (κ3) is 4.78. The Balaban J connectivity index is 1.72. The first-order valence-corrected chi connectivity index (χ1v) is 9.86. The summed E-state index contributed by atoms with van der Waals surface area (Å²) in [5, 5.41) is 16.2. The average molecular weight is 392 g/mol. The number of aromatic amines is 1. The van der Waals surface area contributed by atoms with Gasteiger partial charge in [0.15, 0.2) is 5.82 Å². The van der Waals surface area contributed by atoms with Gasteiger partial charge in [-0.3, -0.25) is 9.89 Å². The summed E-state index contributed by atoms with van der Waals surface area (Å²) in [6.07, 6.45) is 0.274. The first-order valence-electron chi connectivity index (χ1n) is 8.98. The van der Waals surface area contributed by atoms with Crippen molar-refractivity contribution >= 4 is 23.4 Å². The quantitative estimate of drug-likeness (QED) is 0.610. The highest BCUT2D eigenvalue weighted by Crippen LogP contribution is 2.26. The van der Waals surface area contributed by atoms with Crippen molar-refractivity contribution < 1.29 is 4.79 Å². The zero-order chi connectivity index (χ0) is 19.9. The molecule has 0 saturated carbocycles. The van der Waals surface area contributed by atoms with E-state index in [1.165, 1.54) is 17.3 Å². The lowest BCUT2D eigenvalue weighted by atomic mass is 10.1. The SMILES string of the molecule is Cc1ccc(-c2nc(S[C@@H](C)C(=O)N(CCC#N)c3ccccc3)n[nH]2)cc1. The normalized spacial score (nSPS) is 11.6. The van der Waals surface area contributed by atoms with E-state index in [2.05, 4.69) is 21.3 Å². The van der Waals surface area contributed by atoms with E-state index in [0.717, 1.165) is 11.3 Å². The van der Waals surface area contributed by atoms with Crippen molar-refractivity contribution in [1.29, 1.82) is 5.26 Å². The summed E-state index contributed by atoms with van der Waals surface area (Å²) in [6.45, 7) is 4.22. The van der Waals surface area contributed by atoms with E-state index < -0.39 is 0 Å². The van der Waals surface area contributed by atoms with Crippen LogP contribution in [0.1, 0.15) is 18.9 Å². The topological polar surface area (TPSA) is 85.7 Å². The molecule has 0 fully saturated rings. The summed E-state index contributed by atoms with van der Waals surface area (Å²) < 4.78 is 0. The van der Waals surface area contributed by atoms with Gasteiger partial charge in [0, 0.05) is 17.8 Å². The van der Waals surface area contributed by atoms with Crippen molar-refractivity contribution in [2.24, 2.45) is 0 Å². The summed E-state index contributed by atoms with van der Waals surface area (Å²) in [5.41, 5.74) is 2.91. The number of nitriles is 1. The van der Waals surface area contributed by atoms with Gasteiger partial charge in [0.05, 0.1) is 17.7 Å². The first kappa shape index (κ1) is 19.6. The average Bonchev–Trinajstić information content (AvgIpc) is 3.18. The van der Waals surface area contributed by atoms with Gasteiger partial charge in [0.1, 0.15) is 0 Å². The van der Waals surface area contributed by atoms with E-state index in [-0.39, 0.29) is 17.6 Å². The smallest absolute Gasteiger partial charge is 0.240 e. The van der Waals surface area contributed by atoms with Crippen molar-refractivity contribution in [3.05, 3.63) is 60.2 Å². The van der Waals surface area contributed by atoms with Crippen LogP contribution in [0.15, 0.2) is 59.8 Å². The molecule has 0 aliphatic heterocycles. The standard InChI is InChI=1S/C21H21N5OS/c1-15-9-11-17(12-10-15)19-23-21(25-24-19)28-16(2)20(27)26(14-6-13-22)18-7-4-3-5-8-18/h3-5,7-12,16H,6,14H2,1-2H3,(H,23,24,25)/t16-/m0/s1. The zero-order valence-electron chi connectivity index (χ0n) is 15.8. The highest BCUT2D eigenvalue weighted by Gasteiger charge is 2.24. The number of aryl methyl sites for hydroxylation is 1. The molecule has 3 aromatic rings. The molecule has 142 valence electrons. The lowest BCUT2D eigenvalue weighted by Crippen LogP contribution is -2.37. The number of nitrogens with one attached hydrogen (secondary N) is 1. The van der Waals surface area contributed by atoms with Crippen LogP contribution in [0.2, 0.25) is 0 Å². The van der Waals surface area contributed by atoms with Crippen LogP contribution in [0.25, 0.3) is 11.4 Å². The van der Waals surface area contributed by atoms with Gasteiger partial charge in [-0.2, -0.15) is 5.26 Å². The number of aromatic nitrogens is 3. The monoisotopic (exact) mass is 391 g/mol. The molecule has 1 N–H and O–H groups in total. The highest BCUT2D eigenvalue weighted by atomic mass is 32.2. The summed E-state index contributed by atoms with van der Waals surface area (Å²) in [7, 11) is 0. The Kier molecular flexibility index (Phi) is 6.45. The van der Waals surface area contributed by atoms with Gasteiger partial charge < -0.3 is 4.90 Å². The second-order valence-corrected chi connectivity index (χ2v) is 7.63. The van der Waals surface area contributed by atoms with Crippen LogP contribution in [0.5, 0.6) is 0 Å². The van der Waals surface area contributed by atoms with Crippen LogP contribution in [-0.4, -0.2) is 32.9 Å². The van der Waals surface area contributed by atoms with E-state index in [1.807, 2.05) is 68.4 Å². The van der Waals surface area contributed by atoms with Gasteiger partial charge >= 0.3 is 0 Å². The van der Waals surface area contributed by atoms with Gasteiger partial charge in [-0.1, -0.05) is 59.8 Å². The largest absolute Gasteiger partial charge is 0.310 e. The van der Waals surface area contributed by atoms with Crippen LogP contribution in [-0.2, 0) is 4.79 Å². The van der Waals surface area contributed by atoms with Gasteiger partial charge in [0.25, 0.3) is 0 Å². The molecule has 0 saturated heterocycles. The van der Waals surface area contributed by atoms with Crippen molar-refractivity contribution in [3.8, 4) is 17.5 Å². The van der Waals surface area contributed by atoms with E-state index in [4.69, 9.17) is 5.26 Å². The fraction of sp³-hybridized carbons (Fsp3) is 0.238. The van der Waals surface area contributed by atoms with Gasteiger partial charge in [-0.05, 0) is 26.0 Å². The van der Waals surface area contributed by atoms with Crippen LogP contribution in [0.3, 0.4) is 0 Å². The Morgan fingerprint density at radius 2 is 1.93 bits per heavy atom. The molecule has 1 atom stereocenters. The summed E-state index contributed by atoms with van der Waals surface area (Å²) in [4.78, 5) is 19.1. The maximum absolute atomic E-state index is 13.0. The number of hydrogen-bond acceptors (Lipinski definition) is 5. The zero-order valence-corrected chi connectivity index (χ0v) is 16.6. The Hall–Kier alpha value is -3.11.